The number of halogens is 1. The molecule has 0 unspecified atom stereocenters. The molecule has 2 aromatic rings. The molecule has 2 amide bonds. The van der Waals surface area contributed by atoms with E-state index in [0.29, 0.717) is 24.2 Å². The lowest BCUT2D eigenvalue weighted by molar-refractivity contribution is 0.0697. The normalized spacial score (nSPS) is 15.1. The highest BCUT2D eigenvalue weighted by molar-refractivity contribution is 9.10. The van der Waals surface area contributed by atoms with Crippen LogP contribution < -0.4 is 5.32 Å². The zero-order chi connectivity index (χ0) is 16.9. The summed E-state index contributed by atoms with van der Waals surface area (Å²) in [6.45, 7) is 1.26. The standard InChI is InChI=1S/C18H18BrN3O2/c19-15-10-14(11-20-12-15)18(24)22-8-6-16(7-9-22)21-17(23)13-4-2-1-3-5-13/h1-5,10-12,16H,6-9H2,(H,21,23). The topological polar surface area (TPSA) is 62.3 Å². The fraction of sp³-hybridized carbons (Fsp3) is 0.278. The third-order valence-electron chi connectivity index (χ3n) is 4.11. The summed E-state index contributed by atoms with van der Waals surface area (Å²) in [7, 11) is 0. The lowest BCUT2D eigenvalue weighted by atomic mass is 10.0. The van der Waals surface area contributed by atoms with Gasteiger partial charge in [-0.1, -0.05) is 18.2 Å². The number of nitrogens with zero attached hydrogens (tertiary/aromatic N) is 2. The van der Waals surface area contributed by atoms with E-state index in [9.17, 15) is 9.59 Å². The van der Waals surface area contributed by atoms with Gasteiger partial charge in [0, 0.05) is 41.6 Å². The second-order valence-electron chi connectivity index (χ2n) is 5.80. The summed E-state index contributed by atoms with van der Waals surface area (Å²) in [5.74, 6) is -0.0757. The Hall–Kier alpha value is -2.21. The fourth-order valence-corrected chi connectivity index (χ4v) is 3.16. The van der Waals surface area contributed by atoms with Crippen molar-refractivity contribution in [2.24, 2.45) is 0 Å². The second kappa shape index (κ2) is 7.57. The van der Waals surface area contributed by atoms with E-state index < -0.39 is 0 Å². The van der Waals surface area contributed by atoms with Crippen molar-refractivity contribution < 1.29 is 9.59 Å². The minimum absolute atomic E-state index is 0.0170. The van der Waals surface area contributed by atoms with Gasteiger partial charge in [-0.3, -0.25) is 14.6 Å². The van der Waals surface area contributed by atoms with E-state index in [1.807, 2.05) is 23.1 Å². The van der Waals surface area contributed by atoms with Crippen molar-refractivity contribution in [1.29, 1.82) is 0 Å². The van der Waals surface area contributed by atoms with Crippen molar-refractivity contribution in [3.63, 3.8) is 0 Å². The van der Waals surface area contributed by atoms with E-state index >= 15 is 0 Å². The molecule has 1 aliphatic rings. The van der Waals surface area contributed by atoms with Crippen LogP contribution in [0.25, 0.3) is 0 Å². The van der Waals surface area contributed by atoms with Crippen molar-refractivity contribution in [1.82, 2.24) is 15.2 Å². The first-order chi connectivity index (χ1) is 11.6. The maximum atomic E-state index is 12.5. The minimum atomic E-state index is -0.0587. The van der Waals surface area contributed by atoms with Crippen LogP contribution in [0.5, 0.6) is 0 Å². The van der Waals surface area contributed by atoms with Gasteiger partial charge >= 0.3 is 0 Å². The average Bonchev–Trinajstić information content (AvgIpc) is 2.62. The summed E-state index contributed by atoms with van der Waals surface area (Å²) in [5, 5.41) is 3.05. The Morgan fingerprint density at radius 1 is 1.08 bits per heavy atom. The van der Waals surface area contributed by atoms with Gasteiger partial charge in [0.1, 0.15) is 0 Å². The minimum Gasteiger partial charge on any atom is -0.349 e. The maximum absolute atomic E-state index is 12.5. The van der Waals surface area contributed by atoms with Crippen molar-refractivity contribution >= 4 is 27.7 Å². The average molecular weight is 388 g/mol. The molecule has 6 heteroatoms. The van der Waals surface area contributed by atoms with Gasteiger partial charge in [0.2, 0.25) is 0 Å². The van der Waals surface area contributed by atoms with Crippen LogP contribution in [-0.2, 0) is 0 Å². The molecule has 0 aliphatic carbocycles. The lowest BCUT2D eigenvalue weighted by Gasteiger charge is -2.32. The Morgan fingerprint density at radius 2 is 1.79 bits per heavy atom. The number of hydrogen-bond acceptors (Lipinski definition) is 3. The lowest BCUT2D eigenvalue weighted by Crippen LogP contribution is -2.46. The number of pyridine rings is 1. The number of hydrogen-bond donors (Lipinski definition) is 1. The third-order valence-corrected chi connectivity index (χ3v) is 4.54. The van der Waals surface area contributed by atoms with Crippen LogP contribution in [0.4, 0.5) is 0 Å². The Labute approximate surface area is 149 Å². The molecule has 0 spiro atoms. The summed E-state index contributed by atoms with van der Waals surface area (Å²) in [6, 6.07) is 11.1. The molecule has 0 saturated carbocycles. The number of aromatic nitrogens is 1. The van der Waals surface area contributed by atoms with Gasteiger partial charge in [0.15, 0.2) is 0 Å². The van der Waals surface area contributed by atoms with Crippen molar-refractivity contribution in [3.05, 3.63) is 64.4 Å². The molecule has 1 fully saturated rings. The second-order valence-corrected chi connectivity index (χ2v) is 6.71. The summed E-state index contributed by atoms with van der Waals surface area (Å²) in [5.41, 5.74) is 1.24. The zero-order valence-corrected chi connectivity index (χ0v) is 14.7. The van der Waals surface area contributed by atoms with Crippen LogP contribution in [0.1, 0.15) is 33.6 Å². The molecule has 0 bridgehead atoms. The van der Waals surface area contributed by atoms with Crippen LogP contribution >= 0.6 is 15.9 Å². The van der Waals surface area contributed by atoms with Crippen LogP contribution in [-0.4, -0.2) is 40.8 Å². The number of amides is 2. The van der Waals surface area contributed by atoms with Gasteiger partial charge in [0.05, 0.1) is 5.56 Å². The molecule has 2 heterocycles. The molecule has 124 valence electrons. The van der Waals surface area contributed by atoms with Crippen molar-refractivity contribution in [3.8, 4) is 0 Å². The zero-order valence-electron chi connectivity index (χ0n) is 13.1. The van der Waals surface area contributed by atoms with Crippen LogP contribution in [0.15, 0.2) is 53.3 Å². The number of carbonyl (C=O) groups excluding carboxylic acids is 2. The fourth-order valence-electron chi connectivity index (χ4n) is 2.80. The Bertz CT molecular complexity index is 728. The van der Waals surface area contributed by atoms with E-state index in [4.69, 9.17) is 0 Å². The molecule has 0 radical (unpaired) electrons. The van der Waals surface area contributed by atoms with E-state index in [0.717, 1.165) is 17.3 Å². The summed E-state index contributed by atoms with van der Waals surface area (Å²) >= 11 is 3.33. The van der Waals surface area contributed by atoms with Gasteiger partial charge in [-0.05, 0) is 47.0 Å². The summed E-state index contributed by atoms with van der Waals surface area (Å²) in [6.07, 6.45) is 4.75. The molecular formula is C18H18BrN3O2. The number of carbonyl (C=O) groups is 2. The molecule has 1 aromatic carbocycles. The molecule has 1 aliphatic heterocycles. The van der Waals surface area contributed by atoms with E-state index in [1.54, 1.807) is 30.6 Å². The van der Waals surface area contributed by atoms with Crippen LogP contribution in [0, 0.1) is 0 Å². The number of rotatable bonds is 3. The molecule has 24 heavy (non-hydrogen) atoms. The monoisotopic (exact) mass is 387 g/mol. The quantitative estimate of drug-likeness (QED) is 0.880. The van der Waals surface area contributed by atoms with E-state index in [1.165, 1.54) is 0 Å². The largest absolute Gasteiger partial charge is 0.349 e. The molecule has 1 aromatic heterocycles. The van der Waals surface area contributed by atoms with Crippen molar-refractivity contribution in [2.75, 3.05) is 13.1 Å². The first-order valence-corrected chi connectivity index (χ1v) is 8.68. The third kappa shape index (κ3) is 4.00. The van der Waals surface area contributed by atoms with Gasteiger partial charge in [-0.15, -0.1) is 0 Å². The smallest absolute Gasteiger partial charge is 0.255 e. The Balaban J connectivity index is 1.54. The van der Waals surface area contributed by atoms with Crippen molar-refractivity contribution in [2.45, 2.75) is 18.9 Å². The molecular weight excluding hydrogens is 370 g/mol. The Kier molecular flexibility index (Phi) is 5.25. The van der Waals surface area contributed by atoms with Gasteiger partial charge in [0.25, 0.3) is 11.8 Å². The Morgan fingerprint density at radius 3 is 2.46 bits per heavy atom. The van der Waals surface area contributed by atoms with Gasteiger partial charge in [-0.25, -0.2) is 0 Å². The number of benzene rings is 1. The SMILES string of the molecule is O=C(NC1CCN(C(=O)c2cncc(Br)c2)CC1)c1ccccc1. The summed E-state index contributed by atoms with van der Waals surface area (Å²) < 4.78 is 0.790. The number of likely N-dealkylation sites (tertiary alicyclic amines) is 1. The highest BCUT2D eigenvalue weighted by Crippen LogP contribution is 2.16. The molecule has 5 nitrogen and oxygen atoms in total. The predicted octanol–water partition coefficient (Wildman–Crippen LogP) is 2.88. The molecule has 1 saturated heterocycles. The van der Waals surface area contributed by atoms with Gasteiger partial charge < -0.3 is 10.2 Å². The highest BCUT2D eigenvalue weighted by Gasteiger charge is 2.25. The first kappa shape index (κ1) is 16.6. The van der Waals surface area contributed by atoms with E-state index in [-0.39, 0.29) is 17.9 Å². The summed E-state index contributed by atoms with van der Waals surface area (Å²) in [4.78, 5) is 30.5. The number of piperidine rings is 1. The first-order valence-electron chi connectivity index (χ1n) is 7.89. The van der Waals surface area contributed by atoms with Crippen LogP contribution in [0.3, 0.4) is 0 Å². The van der Waals surface area contributed by atoms with E-state index in [2.05, 4.69) is 26.2 Å². The molecule has 1 N–H and O–H groups in total. The highest BCUT2D eigenvalue weighted by atomic mass is 79.9. The molecule has 3 rings (SSSR count). The van der Waals surface area contributed by atoms with Crippen LogP contribution in [0.2, 0.25) is 0 Å². The predicted molar refractivity (Wildman–Crippen MR) is 94.8 cm³/mol. The number of nitrogens with one attached hydrogen (secondary N) is 1. The maximum Gasteiger partial charge on any atom is 0.255 e. The molecule has 0 atom stereocenters. The van der Waals surface area contributed by atoms with Gasteiger partial charge in [-0.2, -0.15) is 0 Å².